The van der Waals surface area contributed by atoms with Crippen LogP contribution in [0.4, 0.5) is 0 Å². The second-order valence-electron chi connectivity index (χ2n) is 5.79. The van der Waals surface area contributed by atoms with Crippen LogP contribution < -0.4 is 0 Å². The smallest absolute Gasteiger partial charge is 0.138 e. The van der Waals surface area contributed by atoms with Gasteiger partial charge in [-0.05, 0) is 38.6 Å². The largest absolute Gasteiger partial charge is 0.389 e. The van der Waals surface area contributed by atoms with Gasteiger partial charge in [0.15, 0.2) is 0 Å². The van der Waals surface area contributed by atoms with Crippen molar-refractivity contribution in [1.82, 2.24) is 10.1 Å². The molecule has 1 N–H and O–H groups in total. The van der Waals surface area contributed by atoms with Gasteiger partial charge in [0, 0.05) is 23.7 Å². The summed E-state index contributed by atoms with van der Waals surface area (Å²) in [6.45, 7) is 5.77. The molecule has 1 aromatic heterocycles. The average Bonchev–Trinajstić information content (AvgIpc) is 2.81. The van der Waals surface area contributed by atoms with Crippen LogP contribution in [0.3, 0.4) is 0 Å². The van der Waals surface area contributed by atoms with Gasteiger partial charge in [-0.15, -0.1) is 0 Å². The highest BCUT2D eigenvalue weighted by atomic mass is 35.5. The SMILES string of the molecule is Cc1noc(C)c1CN(C)CC(O)COCc1ccc(Cl)cc1. The lowest BCUT2D eigenvalue weighted by molar-refractivity contribution is 0.0126. The molecule has 1 aromatic carbocycles. The van der Waals surface area contributed by atoms with Crippen LogP contribution in [-0.2, 0) is 17.9 Å². The standard InChI is InChI=1S/C17H23ClN2O3/c1-12-17(13(2)23-19-12)9-20(3)8-16(21)11-22-10-14-4-6-15(18)7-5-14/h4-7,16,21H,8-11H2,1-3H3. The molecule has 1 atom stereocenters. The van der Waals surface area contributed by atoms with E-state index in [0.29, 0.717) is 24.7 Å². The highest BCUT2D eigenvalue weighted by Crippen LogP contribution is 2.14. The highest BCUT2D eigenvalue weighted by molar-refractivity contribution is 6.30. The van der Waals surface area contributed by atoms with Gasteiger partial charge in [-0.2, -0.15) is 0 Å². The Labute approximate surface area is 141 Å². The number of benzene rings is 1. The van der Waals surface area contributed by atoms with Crippen molar-refractivity contribution in [1.29, 1.82) is 0 Å². The normalized spacial score (nSPS) is 12.8. The van der Waals surface area contributed by atoms with Crippen LogP contribution >= 0.6 is 11.6 Å². The molecule has 0 fully saturated rings. The van der Waals surface area contributed by atoms with Gasteiger partial charge in [0.2, 0.25) is 0 Å². The Morgan fingerprint density at radius 1 is 1.30 bits per heavy atom. The van der Waals surface area contributed by atoms with Gasteiger partial charge in [0.1, 0.15) is 5.76 Å². The minimum Gasteiger partial charge on any atom is -0.389 e. The van der Waals surface area contributed by atoms with Crippen molar-refractivity contribution in [3.05, 3.63) is 51.9 Å². The van der Waals surface area contributed by atoms with E-state index in [1.807, 2.05) is 50.1 Å². The van der Waals surface area contributed by atoms with Gasteiger partial charge in [0.05, 0.1) is 25.0 Å². The Bertz CT molecular complexity index is 593. The minimum absolute atomic E-state index is 0.286. The summed E-state index contributed by atoms with van der Waals surface area (Å²) in [6.07, 6.45) is -0.548. The quantitative estimate of drug-likeness (QED) is 0.802. The van der Waals surface area contributed by atoms with Gasteiger partial charge < -0.3 is 14.4 Å². The third-order valence-corrected chi connectivity index (χ3v) is 3.88. The first kappa shape index (κ1) is 17.9. The van der Waals surface area contributed by atoms with Crippen LogP contribution in [-0.4, -0.2) is 41.5 Å². The van der Waals surface area contributed by atoms with Crippen LogP contribution in [0.15, 0.2) is 28.8 Å². The molecule has 1 unspecified atom stereocenters. The van der Waals surface area contributed by atoms with Gasteiger partial charge in [0.25, 0.3) is 0 Å². The number of aromatic nitrogens is 1. The van der Waals surface area contributed by atoms with Gasteiger partial charge in [-0.1, -0.05) is 28.9 Å². The lowest BCUT2D eigenvalue weighted by Crippen LogP contribution is -2.32. The summed E-state index contributed by atoms with van der Waals surface area (Å²) < 4.78 is 10.7. The third-order valence-electron chi connectivity index (χ3n) is 3.62. The third kappa shape index (κ3) is 5.62. The summed E-state index contributed by atoms with van der Waals surface area (Å²) in [4.78, 5) is 2.03. The van der Waals surface area contributed by atoms with E-state index in [9.17, 15) is 5.11 Å². The number of aliphatic hydroxyl groups excluding tert-OH is 1. The van der Waals surface area contributed by atoms with Crippen molar-refractivity contribution < 1.29 is 14.4 Å². The molecule has 2 aromatic rings. The summed E-state index contributed by atoms with van der Waals surface area (Å²) in [5, 5.41) is 14.7. The number of halogens is 1. The second-order valence-corrected chi connectivity index (χ2v) is 6.23. The molecular formula is C17H23ClN2O3. The molecule has 0 aliphatic carbocycles. The van der Waals surface area contributed by atoms with E-state index in [-0.39, 0.29) is 6.61 Å². The average molecular weight is 339 g/mol. The molecule has 0 spiro atoms. The predicted octanol–water partition coefficient (Wildman–Crippen LogP) is 2.95. The number of likely N-dealkylation sites (N-methyl/N-ethyl adjacent to an activating group) is 1. The Kier molecular flexibility index (Phi) is 6.59. The van der Waals surface area contributed by atoms with E-state index in [4.69, 9.17) is 20.9 Å². The van der Waals surface area contributed by atoms with E-state index in [1.54, 1.807) is 0 Å². The molecule has 1 heterocycles. The van der Waals surface area contributed by atoms with Crippen LogP contribution in [0.25, 0.3) is 0 Å². The van der Waals surface area contributed by atoms with Gasteiger partial charge in [-0.3, -0.25) is 4.90 Å². The van der Waals surface area contributed by atoms with Gasteiger partial charge in [-0.25, -0.2) is 0 Å². The number of nitrogens with zero attached hydrogens (tertiary/aromatic N) is 2. The summed E-state index contributed by atoms with van der Waals surface area (Å²) in [5.41, 5.74) is 3.00. The zero-order chi connectivity index (χ0) is 16.8. The Morgan fingerprint density at radius 2 is 2.00 bits per heavy atom. The van der Waals surface area contributed by atoms with E-state index >= 15 is 0 Å². The van der Waals surface area contributed by atoms with E-state index < -0.39 is 6.10 Å². The fourth-order valence-electron chi connectivity index (χ4n) is 2.37. The fraction of sp³-hybridized carbons (Fsp3) is 0.471. The summed E-state index contributed by atoms with van der Waals surface area (Å²) in [7, 11) is 1.95. The van der Waals surface area contributed by atoms with Crippen molar-refractivity contribution in [2.45, 2.75) is 33.1 Å². The number of hydrogen-bond donors (Lipinski definition) is 1. The Balaban J connectivity index is 1.71. The summed E-state index contributed by atoms with van der Waals surface area (Å²) >= 11 is 5.84. The monoisotopic (exact) mass is 338 g/mol. The molecule has 0 aliphatic rings. The first-order valence-electron chi connectivity index (χ1n) is 7.56. The topological polar surface area (TPSA) is 58.7 Å². The molecule has 0 radical (unpaired) electrons. The van der Waals surface area contributed by atoms with Crippen LogP contribution in [0.1, 0.15) is 22.6 Å². The number of aryl methyl sites for hydroxylation is 2. The van der Waals surface area contributed by atoms with Crippen LogP contribution in [0.5, 0.6) is 0 Å². The van der Waals surface area contributed by atoms with E-state index in [0.717, 1.165) is 22.6 Å². The fourth-order valence-corrected chi connectivity index (χ4v) is 2.49. The van der Waals surface area contributed by atoms with Crippen molar-refractivity contribution in [3.8, 4) is 0 Å². The van der Waals surface area contributed by atoms with Crippen molar-refractivity contribution in [2.75, 3.05) is 20.2 Å². The molecule has 5 nitrogen and oxygen atoms in total. The van der Waals surface area contributed by atoms with Crippen LogP contribution in [0.2, 0.25) is 5.02 Å². The number of rotatable bonds is 8. The zero-order valence-corrected chi connectivity index (χ0v) is 14.5. The molecule has 23 heavy (non-hydrogen) atoms. The lowest BCUT2D eigenvalue weighted by atomic mass is 10.2. The first-order chi connectivity index (χ1) is 11.0. The summed E-state index contributed by atoms with van der Waals surface area (Å²) in [5.74, 6) is 0.822. The Hall–Kier alpha value is -1.40. The lowest BCUT2D eigenvalue weighted by Gasteiger charge is -2.20. The number of hydrogen-bond acceptors (Lipinski definition) is 5. The molecular weight excluding hydrogens is 316 g/mol. The molecule has 0 bridgehead atoms. The second kappa shape index (κ2) is 8.45. The van der Waals surface area contributed by atoms with Gasteiger partial charge >= 0.3 is 0 Å². The maximum atomic E-state index is 10.1. The van der Waals surface area contributed by atoms with Crippen molar-refractivity contribution >= 4 is 11.6 Å². The molecule has 126 valence electrons. The molecule has 0 aliphatic heterocycles. The van der Waals surface area contributed by atoms with E-state index in [2.05, 4.69) is 5.16 Å². The molecule has 0 saturated heterocycles. The highest BCUT2D eigenvalue weighted by Gasteiger charge is 2.14. The van der Waals surface area contributed by atoms with E-state index in [1.165, 1.54) is 0 Å². The maximum absolute atomic E-state index is 10.1. The van der Waals surface area contributed by atoms with Crippen molar-refractivity contribution in [2.24, 2.45) is 0 Å². The zero-order valence-electron chi connectivity index (χ0n) is 13.8. The number of aliphatic hydroxyl groups is 1. The van der Waals surface area contributed by atoms with Crippen molar-refractivity contribution in [3.63, 3.8) is 0 Å². The molecule has 0 amide bonds. The molecule has 0 saturated carbocycles. The first-order valence-corrected chi connectivity index (χ1v) is 7.94. The molecule has 2 rings (SSSR count). The maximum Gasteiger partial charge on any atom is 0.138 e. The Morgan fingerprint density at radius 3 is 2.61 bits per heavy atom. The number of ether oxygens (including phenoxy) is 1. The minimum atomic E-state index is -0.548. The molecule has 6 heteroatoms. The summed E-state index contributed by atoms with van der Waals surface area (Å²) in [6, 6.07) is 7.48. The predicted molar refractivity (Wildman–Crippen MR) is 89.4 cm³/mol. The van der Waals surface area contributed by atoms with Crippen LogP contribution in [0, 0.1) is 13.8 Å².